The molecule has 1 heterocycles. The molecule has 7 heteroatoms. The molecule has 2 aromatic carbocycles. The van der Waals surface area contributed by atoms with Crippen LogP contribution in [0.1, 0.15) is 16.8 Å². The van der Waals surface area contributed by atoms with Crippen LogP contribution in [0.15, 0.2) is 47.4 Å². The average Bonchev–Trinajstić information content (AvgIpc) is 3.10. The SMILES string of the molecule is CSc1ccccc1C(=O)N(CCC[NH+](C)C)c1nc2c(F)cccc2s1. The molecule has 1 N–H and O–H groups in total. The lowest BCUT2D eigenvalue weighted by Crippen LogP contribution is -3.05. The zero-order chi connectivity index (χ0) is 19.4. The number of carbonyl (C=O) groups is 1. The molecule has 0 aliphatic rings. The Morgan fingerprint density at radius 2 is 2.00 bits per heavy atom. The number of thiazole rings is 1. The van der Waals surface area contributed by atoms with Crippen molar-refractivity contribution >= 4 is 44.4 Å². The number of para-hydroxylation sites is 1. The van der Waals surface area contributed by atoms with Crippen LogP contribution >= 0.6 is 23.1 Å². The second kappa shape index (κ2) is 8.82. The van der Waals surface area contributed by atoms with Crippen LogP contribution in [0.3, 0.4) is 0 Å². The summed E-state index contributed by atoms with van der Waals surface area (Å²) in [4.78, 5) is 21.7. The van der Waals surface area contributed by atoms with E-state index in [-0.39, 0.29) is 11.7 Å². The first kappa shape index (κ1) is 19.8. The Morgan fingerprint density at radius 1 is 1.22 bits per heavy atom. The minimum Gasteiger partial charge on any atom is -0.340 e. The predicted molar refractivity (Wildman–Crippen MR) is 112 cm³/mol. The van der Waals surface area contributed by atoms with Crippen LogP contribution in [0.25, 0.3) is 10.2 Å². The first-order chi connectivity index (χ1) is 13.0. The molecule has 0 unspecified atom stereocenters. The Hall–Kier alpha value is -1.96. The number of quaternary nitrogens is 1. The third-order valence-corrected chi connectivity index (χ3v) is 6.07. The predicted octanol–water partition coefficient (Wildman–Crippen LogP) is 3.34. The summed E-state index contributed by atoms with van der Waals surface area (Å²) in [5, 5.41) is 0.546. The monoisotopic (exact) mass is 404 g/mol. The van der Waals surface area contributed by atoms with Crippen LogP contribution in [-0.4, -0.2) is 44.3 Å². The maximum absolute atomic E-state index is 14.1. The number of amides is 1. The van der Waals surface area contributed by atoms with E-state index in [0.717, 1.165) is 22.6 Å². The van der Waals surface area contributed by atoms with Gasteiger partial charge in [0.1, 0.15) is 11.3 Å². The van der Waals surface area contributed by atoms with E-state index in [4.69, 9.17) is 0 Å². The van der Waals surface area contributed by atoms with E-state index in [1.807, 2.05) is 36.6 Å². The Morgan fingerprint density at radius 3 is 2.70 bits per heavy atom. The van der Waals surface area contributed by atoms with E-state index in [9.17, 15) is 9.18 Å². The summed E-state index contributed by atoms with van der Waals surface area (Å²) in [7, 11) is 4.17. The van der Waals surface area contributed by atoms with Crippen molar-refractivity contribution < 1.29 is 14.1 Å². The standard InChI is InChI=1S/C20H22FN3OS2/c1-23(2)12-7-13-24(19(25)14-8-4-5-10-16(14)26-3)20-22-18-15(21)9-6-11-17(18)27-20/h4-6,8-11H,7,12-13H2,1-3H3/p+1. The van der Waals surface area contributed by atoms with Gasteiger partial charge in [-0.2, -0.15) is 0 Å². The van der Waals surface area contributed by atoms with Gasteiger partial charge < -0.3 is 4.90 Å². The van der Waals surface area contributed by atoms with Gasteiger partial charge in [0.2, 0.25) is 0 Å². The van der Waals surface area contributed by atoms with E-state index in [0.29, 0.717) is 22.8 Å². The van der Waals surface area contributed by atoms with Crippen LogP contribution in [-0.2, 0) is 0 Å². The van der Waals surface area contributed by atoms with E-state index in [2.05, 4.69) is 19.1 Å². The zero-order valence-electron chi connectivity index (χ0n) is 15.7. The van der Waals surface area contributed by atoms with E-state index in [1.54, 1.807) is 22.7 Å². The summed E-state index contributed by atoms with van der Waals surface area (Å²) in [5.74, 6) is -0.446. The Bertz CT molecular complexity index is 942. The van der Waals surface area contributed by atoms with Gasteiger partial charge in [0, 0.05) is 17.9 Å². The third kappa shape index (κ3) is 4.48. The normalized spacial score (nSPS) is 11.3. The Labute approximate surface area is 167 Å². The summed E-state index contributed by atoms with van der Waals surface area (Å²) in [6.45, 7) is 1.49. The summed E-state index contributed by atoms with van der Waals surface area (Å²) >= 11 is 2.90. The number of benzene rings is 2. The number of aromatic nitrogens is 1. The zero-order valence-corrected chi connectivity index (χ0v) is 17.3. The highest BCUT2D eigenvalue weighted by Gasteiger charge is 2.23. The molecule has 0 aliphatic carbocycles. The first-order valence-electron chi connectivity index (χ1n) is 8.80. The molecule has 0 radical (unpaired) electrons. The minimum absolute atomic E-state index is 0.0897. The number of nitrogens with zero attached hydrogens (tertiary/aromatic N) is 2. The number of nitrogens with one attached hydrogen (secondary N) is 1. The largest absolute Gasteiger partial charge is 0.340 e. The molecule has 0 saturated carbocycles. The lowest BCUT2D eigenvalue weighted by atomic mass is 10.2. The maximum Gasteiger partial charge on any atom is 0.261 e. The van der Waals surface area contributed by atoms with Crippen molar-refractivity contribution in [2.24, 2.45) is 0 Å². The fraction of sp³-hybridized carbons (Fsp3) is 0.300. The number of hydrogen-bond donors (Lipinski definition) is 1. The van der Waals surface area contributed by atoms with Crippen molar-refractivity contribution in [2.75, 3.05) is 38.3 Å². The molecule has 3 aromatic rings. The van der Waals surface area contributed by atoms with Crippen molar-refractivity contribution in [2.45, 2.75) is 11.3 Å². The smallest absolute Gasteiger partial charge is 0.261 e. The molecule has 4 nitrogen and oxygen atoms in total. The van der Waals surface area contributed by atoms with Gasteiger partial charge in [-0.05, 0) is 30.5 Å². The molecule has 0 saturated heterocycles. The summed E-state index contributed by atoms with van der Waals surface area (Å²) in [6, 6.07) is 12.5. The minimum atomic E-state index is -0.357. The topological polar surface area (TPSA) is 37.6 Å². The van der Waals surface area contributed by atoms with Crippen LogP contribution < -0.4 is 9.80 Å². The molecule has 0 spiro atoms. The van der Waals surface area contributed by atoms with Gasteiger partial charge in [0.25, 0.3) is 5.91 Å². The number of hydrogen-bond acceptors (Lipinski definition) is 4. The number of rotatable bonds is 7. The summed E-state index contributed by atoms with van der Waals surface area (Å²) in [5.41, 5.74) is 0.980. The van der Waals surface area contributed by atoms with Crippen LogP contribution in [0.2, 0.25) is 0 Å². The number of carbonyl (C=O) groups excluding carboxylic acids is 1. The van der Waals surface area contributed by atoms with E-state index in [1.165, 1.54) is 22.3 Å². The molecular weight excluding hydrogens is 381 g/mol. The number of fused-ring (bicyclic) bond motifs is 1. The highest BCUT2D eigenvalue weighted by atomic mass is 32.2. The summed E-state index contributed by atoms with van der Waals surface area (Å²) < 4.78 is 14.8. The molecule has 142 valence electrons. The third-order valence-electron chi connectivity index (χ3n) is 4.23. The highest BCUT2D eigenvalue weighted by Crippen LogP contribution is 2.32. The van der Waals surface area contributed by atoms with Gasteiger partial charge in [-0.15, -0.1) is 11.8 Å². The molecule has 3 rings (SSSR count). The van der Waals surface area contributed by atoms with E-state index < -0.39 is 0 Å². The molecule has 1 aromatic heterocycles. The molecule has 0 fully saturated rings. The highest BCUT2D eigenvalue weighted by molar-refractivity contribution is 7.98. The van der Waals surface area contributed by atoms with Crippen LogP contribution in [0.5, 0.6) is 0 Å². The van der Waals surface area contributed by atoms with Crippen molar-refractivity contribution in [3.63, 3.8) is 0 Å². The lowest BCUT2D eigenvalue weighted by molar-refractivity contribution is -0.858. The fourth-order valence-electron chi connectivity index (χ4n) is 2.86. The summed E-state index contributed by atoms with van der Waals surface area (Å²) in [6.07, 6.45) is 2.80. The molecular formula is C20H23FN3OS2+. The quantitative estimate of drug-likeness (QED) is 0.614. The first-order valence-corrected chi connectivity index (χ1v) is 10.8. The number of thioether (sulfide) groups is 1. The second-order valence-corrected chi connectivity index (χ2v) is 8.41. The van der Waals surface area contributed by atoms with Crippen molar-refractivity contribution in [1.29, 1.82) is 0 Å². The van der Waals surface area contributed by atoms with Gasteiger partial charge >= 0.3 is 0 Å². The Kier molecular flexibility index (Phi) is 6.46. The number of halogens is 1. The van der Waals surface area contributed by atoms with Gasteiger partial charge in [0.15, 0.2) is 5.13 Å². The van der Waals surface area contributed by atoms with Gasteiger partial charge in [-0.3, -0.25) is 9.69 Å². The molecule has 27 heavy (non-hydrogen) atoms. The molecule has 0 aliphatic heterocycles. The van der Waals surface area contributed by atoms with Gasteiger partial charge in [-0.25, -0.2) is 9.37 Å². The van der Waals surface area contributed by atoms with Gasteiger partial charge in [0.05, 0.1) is 30.9 Å². The second-order valence-electron chi connectivity index (χ2n) is 6.55. The van der Waals surface area contributed by atoms with E-state index >= 15 is 0 Å². The van der Waals surface area contributed by atoms with Crippen molar-refractivity contribution in [3.8, 4) is 0 Å². The van der Waals surface area contributed by atoms with Crippen LogP contribution in [0, 0.1) is 5.82 Å². The molecule has 0 bridgehead atoms. The lowest BCUT2D eigenvalue weighted by Gasteiger charge is -2.21. The van der Waals surface area contributed by atoms with Crippen LogP contribution in [0.4, 0.5) is 9.52 Å². The number of anilines is 1. The fourth-order valence-corrected chi connectivity index (χ4v) is 4.45. The van der Waals surface area contributed by atoms with Crippen molar-refractivity contribution in [3.05, 3.63) is 53.8 Å². The van der Waals surface area contributed by atoms with Crippen molar-refractivity contribution in [1.82, 2.24) is 4.98 Å². The van der Waals surface area contributed by atoms with Gasteiger partial charge in [-0.1, -0.05) is 29.5 Å². The molecule has 1 amide bonds. The maximum atomic E-state index is 14.1. The Balaban J connectivity index is 1.99. The average molecular weight is 405 g/mol. The molecule has 0 atom stereocenters.